The zero-order valence-corrected chi connectivity index (χ0v) is 18.2. The molecule has 1 fully saturated rings. The Morgan fingerprint density at radius 2 is 2.09 bits per heavy atom. The zero-order chi connectivity index (χ0) is 22.5. The lowest BCUT2D eigenvalue weighted by molar-refractivity contribution is -0.0505. The van der Waals surface area contributed by atoms with Crippen LogP contribution in [0.2, 0.25) is 0 Å². The highest BCUT2D eigenvalue weighted by Gasteiger charge is 2.20. The summed E-state index contributed by atoms with van der Waals surface area (Å²) in [5.41, 5.74) is 8.77. The third kappa shape index (κ3) is 5.07. The van der Waals surface area contributed by atoms with E-state index in [2.05, 4.69) is 32.6 Å². The number of nitrogens with zero attached hydrogens (tertiary/aromatic N) is 4. The van der Waals surface area contributed by atoms with Crippen molar-refractivity contribution in [3.8, 4) is 5.75 Å². The van der Waals surface area contributed by atoms with E-state index >= 15 is 0 Å². The van der Waals surface area contributed by atoms with Crippen LogP contribution in [0.4, 0.5) is 20.5 Å². The second kappa shape index (κ2) is 10.1. The van der Waals surface area contributed by atoms with Crippen molar-refractivity contribution in [3.63, 3.8) is 0 Å². The number of benzene rings is 1. The summed E-state index contributed by atoms with van der Waals surface area (Å²) in [6.45, 7) is 2.03. The summed E-state index contributed by atoms with van der Waals surface area (Å²) in [6, 6.07) is 5.60. The second-order valence-corrected chi connectivity index (χ2v) is 8.02. The Morgan fingerprint density at radius 1 is 1.28 bits per heavy atom. The van der Waals surface area contributed by atoms with Crippen LogP contribution in [0, 0.1) is 0 Å². The average Bonchev–Trinajstić information content (AvgIpc) is 3.17. The first-order valence-electron chi connectivity index (χ1n) is 11.1. The normalized spacial score (nSPS) is 14.9. The van der Waals surface area contributed by atoms with E-state index in [1.807, 2.05) is 12.1 Å². The monoisotopic (exact) mass is 445 g/mol. The predicted octanol–water partition coefficient (Wildman–Crippen LogP) is 3.74. The minimum Gasteiger partial charge on any atom is -0.434 e. The molecule has 0 spiro atoms. The van der Waals surface area contributed by atoms with Gasteiger partial charge in [-0.25, -0.2) is 4.98 Å². The van der Waals surface area contributed by atoms with Gasteiger partial charge in [-0.05, 0) is 49.9 Å². The van der Waals surface area contributed by atoms with Gasteiger partial charge in [0.05, 0.1) is 12.7 Å². The number of hydrogen-bond acceptors (Lipinski definition) is 7. The van der Waals surface area contributed by atoms with Gasteiger partial charge in [0, 0.05) is 12.1 Å². The van der Waals surface area contributed by atoms with Crippen LogP contribution >= 0.6 is 0 Å². The molecule has 4 rings (SSSR count). The summed E-state index contributed by atoms with van der Waals surface area (Å²) in [5.74, 6) is 1.25. The van der Waals surface area contributed by atoms with Crippen molar-refractivity contribution in [2.75, 3.05) is 30.7 Å². The van der Waals surface area contributed by atoms with Gasteiger partial charge in [-0.1, -0.05) is 25.5 Å². The number of fused-ring (bicyclic) bond motifs is 1. The van der Waals surface area contributed by atoms with Crippen LogP contribution < -0.4 is 21.1 Å². The van der Waals surface area contributed by atoms with E-state index in [9.17, 15) is 8.78 Å². The minimum atomic E-state index is -2.90. The molecule has 0 atom stereocenters. The van der Waals surface area contributed by atoms with E-state index in [0.717, 1.165) is 50.9 Å². The van der Waals surface area contributed by atoms with Gasteiger partial charge in [0.1, 0.15) is 16.8 Å². The van der Waals surface area contributed by atoms with Gasteiger partial charge < -0.3 is 21.1 Å². The number of unbranched alkanes of at least 4 members (excludes halogenated alkanes) is 1. The first-order valence-corrected chi connectivity index (χ1v) is 11.1. The van der Waals surface area contributed by atoms with Crippen LogP contribution in [0.1, 0.15) is 49.7 Å². The van der Waals surface area contributed by atoms with E-state index in [-0.39, 0.29) is 18.2 Å². The Balaban J connectivity index is 1.66. The second-order valence-electron chi connectivity index (χ2n) is 8.02. The summed E-state index contributed by atoms with van der Waals surface area (Å²) in [7, 11) is 0. The fourth-order valence-corrected chi connectivity index (χ4v) is 4.12. The standard InChI is InChI=1S/C22H29F2N7O/c1-2-3-8-27-20-19-17(29-22(25)30-20)12-28-31(19)13-16-5-4-15(11-18(16)32-21(23)24)14-6-9-26-10-7-14/h4-5,11-12,14,21,26H,2-3,6-10,13H2,1H3,(H3,25,27,29,30). The Morgan fingerprint density at radius 3 is 2.84 bits per heavy atom. The molecule has 0 aliphatic carbocycles. The number of nitrogens with one attached hydrogen (secondary N) is 2. The van der Waals surface area contributed by atoms with E-state index in [0.29, 0.717) is 28.3 Å². The smallest absolute Gasteiger partial charge is 0.387 e. The van der Waals surface area contributed by atoms with Crippen LogP contribution in [0.25, 0.3) is 11.0 Å². The topological polar surface area (TPSA) is 103 Å². The first-order chi connectivity index (χ1) is 15.5. The van der Waals surface area contributed by atoms with Crippen molar-refractivity contribution in [2.45, 2.75) is 51.7 Å². The largest absolute Gasteiger partial charge is 0.434 e. The van der Waals surface area contributed by atoms with E-state index < -0.39 is 6.61 Å². The van der Waals surface area contributed by atoms with E-state index in [4.69, 9.17) is 10.5 Å². The molecule has 3 aromatic rings. The van der Waals surface area contributed by atoms with Gasteiger partial charge in [-0.3, -0.25) is 4.68 Å². The lowest BCUT2D eigenvalue weighted by atomic mass is 9.89. The molecule has 8 nitrogen and oxygen atoms in total. The van der Waals surface area contributed by atoms with Crippen molar-refractivity contribution in [2.24, 2.45) is 0 Å². The Bertz CT molecular complexity index is 1050. The summed E-state index contributed by atoms with van der Waals surface area (Å²) < 4.78 is 33.0. The average molecular weight is 446 g/mol. The fourth-order valence-electron chi connectivity index (χ4n) is 4.12. The molecule has 0 bridgehead atoms. The molecule has 1 aliphatic heterocycles. The van der Waals surface area contributed by atoms with Crippen molar-refractivity contribution in [1.29, 1.82) is 0 Å². The van der Waals surface area contributed by atoms with Crippen LogP contribution in [0.3, 0.4) is 0 Å². The van der Waals surface area contributed by atoms with Crippen molar-refractivity contribution in [3.05, 3.63) is 35.5 Å². The lowest BCUT2D eigenvalue weighted by Gasteiger charge is -2.24. The highest BCUT2D eigenvalue weighted by atomic mass is 19.3. The van der Waals surface area contributed by atoms with Crippen molar-refractivity contribution < 1.29 is 13.5 Å². The maximum atomic E-state index is 13.2. The number of piperidine rings is 1. The summed E-state index contributed by atoms with van der Waals surface area (Å²) in [5, 5.41) is 11.0. The number of nitrogens with two attached hydrogens (primary N) is 1. The number of hydrogen-bond donors (Lipinski definition) is 3. The molecule has 0 unspecified atom stereocenters. The molecule has 32 heavy (non-hydrogen) atoms. The Labute approximate surface area is 185 Å². The van der Waals surface area contributed by atoms with E-state index in [1.165, 1.54) is 0 Å². The molecule has 0 radical (unpaired) electrons. The van der Waals surface area contributed by atoms with Gasteiger partial charge in [-0.2, -0.15) is 18.9 Å². The molecule has 3 heterocycles. The summed E-state index contributed by atoms with van der Waals surface area (Å²) in [6.07, 6.45) is 5.57. The number of anilines is 2. The van der Waals surface area contributed by atoms with Gasteiger partial charge >= 0.3 is 6.61 Å². The number of ether oxygens (including phenoxy) is 1. The van der Waals surface area contributed by atoms with Gasteiger partial charge in [0.15, 0.2) is 5.82 Å². The molecule has 10 heteroatoms. The molecular weight excluding hydrogens is 416 g/mol. The van der Waals surface area contributed by atoms with Gasteiger partial charge in [0.25, 0.3) is 0 Å². The number of alkyl halides is 2. The number of nitrogen functional groups attached to an aromatic ring is 1. The SMILES string of the molecule is CCCCNc1nc(N)nc2cnn(Cc3ccc(C4CCNCC4)cc3OC(F)F)c12. The predicted molar refractivity (Wildman–Crippen MR) is 120 cm³/mol. The molecule has 172 valence electrons. The molecule has 2 aromatic heterocycles. The Hall–Kier alpha value is -3.01. The third-order valence-corrected chi connectivity index (χ3v) is 5.77. The molecule has 1 aliphatic rings. The molecule has 0 amide bonds. The molecule has 4 N–H and O–H groups in total. The lowest BCUT2D eigenvalue weighted by Crippen LogP contribution is -2.26. The van der Waals surface area contributed by atoms with Gasteiger partial charge in [-0.15, -0.1) is 0 Å². The number of halogens is 2. The minimum absolute atomic E-state index is 0.157. The molecule has 1 saturated heterocycles. The maximum absolute atomic E-state index is 13.2. The first kappa shape index (κ1) is 22.2. The van der Waals surface area contributed by atoms with Crippen molar-refractivity contribution in [1.82, 2.24) is 25.1 Å². The van der Waals surface area contributed by atoms with Crippen LogP contribution in [-0.2, 0) is 6.54 Å². The van der Waals surface area contributed by atoms with Crippen LogP contribution in [0.15, 0.2) is 24.4 Å². The van der Waals surface area contributed by atoms with Crippen molar-refractivity contribution >= 4 is 22.8 Å². The zero-order valence-electron chi connectivity index (χ0n) is 18.2. The Kier molecular flexibility index (Phi) is 6.99. The fraction of sp³-hybridized carbons (Fsp3) is 0.500. The molecule has 0 saturated carbocycles. The highest BCUT2D eigenvalue weighted by molar-refractivity contribution is 5.86. The summed E-state index contributed by atoms with van der Waals surface area (Å²) >= 11 is 0. The van der Waals surface area contributed by atoms with Gasteiger partial charge in [0.2, 0.25) is 5.95 Å². The van der Waals surface area contributed by atoms with Crippen LogP contribution in [0.5, 0.6) is 5.75 Å². The third-order valence-electron chi connectivity index (χ3n) is 5.77. The maximum Gasteiger partial charge on any atom is 0.387 e. The van der Waals surface area contributed by atoms with Crippen LogP contribution in [-0.4, -0.2) is 46.0 Å². The quantitative estimate of drug-likeness (QED) is 0.431. The summed E-state index contributed by atoms with van der Waals surface area (Å²) in [4.78, 5) is 8.59. The molecular formula is C22H29F2N7O. The highest BCUT2D eigenvalue weighted by Crippen LogP contribution is 2.32. The van der Waals surface area contributed by atoms with E-state index in [1.54, 1.807) is 16.9 Å². The molecule has 1 aromatic carbocycles. The number of rotatable bonds is 9. The number of aromatic nitrogens is 4.